The summed E-state index contributed by atoms with van der Waals surface area (Å²) in [6.45, 7) is 0.542. The number of nitrogens with one attached hydrogen (secondary N) is 1. The summed E-state index contributed by atoms with van der Waals surface area (Å²) in [6, 6.07) is 8.06. The maximum absolute atomic E-state index is 13.0. The minimum atomic E-state index is -0.659. The maximum atomic E-state index is 13.0. The molecular weight excluding hydrogens is 330 g/mol. The van der Waals surface area contributed by atoms with Gasteiger partial charge in [-0.25, -0.2) is 9.67 Å². The smallest absolute Gasteiger partial charge is 0.248 e. The summed E-state index contributed by atoms with van der Waals surface area (Å²) in [5.41, 5.74) is 1.42. The molecule has 1 amide bonds. The van der Waals surface area contributed by atoms with Gasteiger partial charge < -0.3 is 9.88 Å². The minimum absolute atomic E-state index is 0.00302. The van der Waals surface area contributed by atoms with Crippen LogP contribution >= 0.6 is 0 Å². The third-order valence-electron chi connectivity index (χ3n) is 5.40. The van der Waals surface area contributed by atoms with Gasteiger partial charge in [-0.2, -0.15) is 0 Å². The predicted octanol–water partition coefficient (Wildman–Crippen LogP) is 1.58. The van der Waals surface area contributed by atoms with E-state index < -0.39 is 5.54 Å². The van der Waals surface area contributed by atoms with E-state index in [1.165, 1.54) is 0 Å². The van der Waals surface area contributed by atoms with Crippen LogP contribution in [0.25, 0.3) is 11.0 Å². The highest BCUT2D eigenvalue weighted by atomic mass is 16.2. The Kier molecular flexibility index (Phi) is 4.40. The Morgan fingerprint density at radius 1 is 1.23 bits per heavy atom. The van der Waals surface area contributed by atoms with Gasteiger partial charge in [-0.05, 0) is 35.4 Å². The van der Waals surface area contributed by atoms with Crippen molar-refractivity contribution < 1.29 is 4.79 Å². The molecule has 1 aromatic carbocycles. The number of nitrogens with zero attached hydrogens (tertiary/aromatic N) is 6. The fraction of sp³-hybridized carbons (Fsp3) is 0.500. The van der Waals surface area contributed by atoms with E-state index >= 15 is 0 Å². The summed E-state index contributed by atoms with van der Waals surface area (Å²) in [4.78, 5) is 17.7. The Bertz CT molecular complexity index is 894. The molecule has 1 N–H and O–H groups in total. The molecule has 0 spiro atoms. The quantitative estimate of drug-likeness (QED) is 0.752. The molecule has 0 unspecified atom stereocenters. The third-order valence-corrected chi connectivity index (χ3v) is 5.40. The first-order chi connectivity index (χ1) is 12.7. The zero-order valence-corrected chi connectivity index (χ0v) is 14.9. The Balaban J connectivity index is 1.46. The average Bonchev–Trinajstić information content (AvgIpc) is 3.32. The van der Waals surface area contributed by atoms with E-state index in [1.54, 1.807) is 11.0 Å². The molecular formula is C18H23N7O. The Morgan fingerprint density at radius 2 is 2.04 bits per heavy atom. The zero-order valence-electron chi connectivity index (χ0n) is 14.9. The Hall–Kier alpha value is -2.77. The molecule has 4 rings (SSSR count). The molecule has 8 nitrogen and oxygen atoms in total. The number of carbonyl (C=O) groups excluding carboxylic acids is 1. The number of amides is 1. The second-order valence-corrected chi connectivity index (χ2v) is 6.93. The van der Waals surface area contributed by atoms with E-state index in [4.69, 9.17) is 0 Å². The lowest BCUT2D eigenvalue weighted by molar-refractivity contribution is -0.132. The van der Waals surface area contributed by atoms with Gasteiger partial charge in [-0.3, -0.25) is 4.79 Å². The maximum Gasteiger partial charge on any atom is 0.248 e. The number of hydrogen-bond acceptors (Lipinski definition) is 5. The molecule has 8 heteroatoms. The van der Waals surface area contributed by atoms with Crippen molar-refractivity contribution in [2.45, 2.75) is 44.1 Å². The van der Waals surface area contributed by atoms with Gasteiger partial charge in [0.25, 0.3) is 0 Å². The average molecular weight is 353 g/mol. The van der Waals surface area contributed by atoms with Crippen LogP contribution in [0.2, 0.25) is 0 Å². The number of carbonyl (C=O) groups is 1. The van der Waals surface area contributed by atoms with Crippen LogP contribution in [0.4, 0.5) is 0 Å². The summed E-state index contributed by atoms with van der Waals surface area (Å²) in [5.74, 6) is 0.967. The van der Waals surface area contributed by atoms with Crippen LogP contribution in [0.15, 0.2) is 30.6 Å². The lowest BCUT2D eigenvalue weighted by Gasteiger charge is -2.35. The normalized spacial score (nSPS) is 16.7. The standard InChI is InChI=1S/C18H23N7O/c1-24-15-8-4-3-7-14(15)21-16(24)9-12-19-17(26)18(10-5-2-6-11-18)25-13-20-22-23-25/h3-4,7-8,13H,2,5-6,9-12H2,1H3,(H,19,26). The second kappa shape index (κ2) is 6.86. The molecule has 3 aromatic rings. The molecule has 136 valence electrons. The molecule has 26 heavy (non-hydrogen) atoms. The van der Waals surface area contributed by atoms with E-state index in [0.29, 0.717) is 13.0 Å². The van der Waals surface area contributed by atoms with Gasteiger partial charge in [0.2, 0.25) is 5.91 Å². The van der Waals surface area contributed by atoms with Crippen molar-refractivity contribution in [1.29, 1.82) is 0 Å². The molecule has 0 bridgehead atoms. The molecule has 2 heterocycles. The Labute approximate surface area is 151 Å². The second-order valence-electron chi connectivity index (χ2n) is 6.93. The topological polar surface area (TPSA) is 90.5 Å². The fourth-order valence-corrected chi connectivity index (χ4v) is 3.93. The van der Waals surface area contributed by atoms with Crippen molar-refractivity contribution >= 4 is 16.9 Å². The summed E-state index contributed by atoms with van der Waals surface area (Å²) in [5, 5.41) is 14.6. The lowest BCUT2D eigenvalue weighted by Crippen LogP contribution is -2.50. The number of tetrazole rings is 1. The molecule has 1 aliphatic carbocycles. The van der Waals surface area contributed by atoms with Gasteiger partial charge in [0.05, 0.1) is 11.0 Å². The molecule has 0 saturated heterocycles. The van der Waals surface area contributed by atoms with E-state index in [-0.39, 0.29) is 5.91 Å². The van der Waals surface area contributed by atoms with Crippen LogP contribution in [0.5, 0.6) is 0 Å². The third kappa shape index (κ3) is 2.85. The molecule has 0 atom stereocenters. The van der Waals surface area contributed by atoms with Crippen LogP contribution in [0, 0.1) is 0 Å². The van der Waals surface area contributed by atoms with Crippen molar-refractivity contribution in [3.05, 3.63) is 36.4 Å². The largest absolute Gasteiger partial charge is 0.354 e. The van der Waals surface area contributed by atoms with E-state index in [0.717, 1.165) is 49.0 Å². The number of fused-ring (bicyclic) bond motifs is 1. The zero-order chi connectivity index (χ0) is 18.0. The first-order valence-electron chi connectivity index (χ1n) is 9.13. The van der Waals surface area contributed by atoms with Crippen LogP contribution in [0.1, 0.15) is 37.9 Å². The van der Waals surface area contributed by atoms with Gasteiger partial charge >= 0.3 is 0 Å². The Morgan fingerprint density at radius 3 is 2.77 bits per heavy atom. The number of aromatic nitrogens is 6. The monoisotopic (exact) mass is 353 g/mol. The van der Waals surface area contributed by atoms with Crippen molar-refractivity contribution in [1.82, 2.24) is 35.1 Å². The van der Waals surface area contributed by atoms with Crippen molar-refractivity contribution in [3.63, 3.8) is 0 Å². The SMILES string of the molecule is Cn1c(CCNC(=O)C2(n3cnnn3)CCCCC2)nc2ccccc21. The van der Waals surface area contributed by atoms with Gasteiger partial charge in [0.15, 0.2) is 0 Å². The summed E-state index contributed by atoms with van der Waals surface area (Å²) in [7, 11) is 2.01. The highest BCUT2D eigenvalue weighted by Gasteiger charge is 2.42. The van der Waals surface area contributed by atoms with Crippen LogP contribution in [-0.2, 0) is 23.8 Å². The molecule has 1 aliphatic rings. The number of rotatable bonds is 5. The van der Waals surface area contributed by atoms with Crippen LogP contribution in [0.3, 0.4) is 0 Å². The number of aryl methyl sites for hydroxylation is 1. The van der Waals surface area contributed by atoms with Gasteiger partial charge in [0.1, 0.15) is 17.7 Å². The number of benzene rings is 1. The number of hydrogen-bond donors (Lipinski definition) is 1. The first-order valence-corrected chi connectivity index (χ1v) is 9.13. The van der Waals surface area contributed by atoms with Crippen LogP contribution < -0.4 is 5.32 Å². The van der Waals surface area contributed by atoms with E-state index in [9.17, 15) is 4.79 Å². The van der Waals surface area contributed by atoms with Crippen molar-refractivity contribution in [2.24, 2.45) is 7.05 Å². The molecule has 1 fully saturated rings. The lowest BCUT2D eigenvalue weighted by atomic mass is 9.81. The van der Waals surface area contributed by atoms with E-state index in [2.05, 4.69) is 36.5 Å². The predicted molar refractivity (Wildman–Crippen MR) is 96.3 cm³/mol. The summed E-state index contributed by atoms with van der Waals surface area (Å²) in [6.07, 6.45) is 6.96. The van der Waals surface area contributed by atoms with Crippen LogP contribution in [-0.4, -0.2) is 42.2 Å². The first kappa shape index (κ1) is 16.7. The van der Waals surface area contributed by atoms with Gasteiger partial charge in [0, 0.05) is 20.0 Å². The van der Waals surface area contributed by atoms with Gasteiger partial charge in [-0.15, -0.1) is 5.10 Å². The minimum Gasteiger partial charge on any atom is -0.354 e. The fourth-order valence-electron chi connectivity index (χ4n) is 3.93. The summed E-state index contributed by atoms with van der Waals surface area (Å²) >= 11 is 0. The molecule has 2 aromatic heterocycles. The summed E-state index contributed by atoms with van der Waals surface area (Å²) < 4.78 is 3.72. The molecule has 0 aliphatic heterocycles. The van der Waals surface area contributed by atoms with E-state index in [1.807, 2.05) is 25.2 Å². The number of para-hydroxylation sites is 2. The van der Waals surface area contributed by atoms with Crippen molar-refractivity contribution in [2.75, 3.05) is 6.54 Å². The van der Waals surface area contributed by atoms with Gasteiger partial charge in [-0.1, -0.05) is 31.4 Å². The molecule has 0 radical (unpaired) electrons. The van der Waals surface area contributed by atoms with Crippen molar-refractivity contribution in [3.8, 4) is 0 Å². The highest BCUT2D eigenvalue weighted by molar-refractivity contribution is 5.84. The highest BCUT2D eigenvalue weighted by Crippen LogP contribution is 2.34. The number of imidazole rings is 1. The molecule has 1 saturated carbocycles.